The lowest BCUT2D eigenvalue weighted by atomic mass is 10.8. The minimum Gasteiger partial charge on any atom is -0.370 e. The third kappa shape index (κ3) is 9.33. The van der Waals surface area contributed by atoms with Crippen LogP contribution in [0.25, 0.3) is 0 Å². The number of hydrogen-bond donors (Lipinski definition) is 4. The molecule has 0 amide bonds. The van der Waals surface area contributed by atoms with Crippen LogP contribution in [0.4, 0.5) is 0 Å². The summed E-state index contributed by atoms with van der Waals surface area (Å²) in [7, 11) is 0. The number of halogens is 1. The molecule has 0 fully saturated rings. The molecule has 0 aliphatic heterocycles. The summed E-state index contributed by atoms with van der Waals surface area (Å²) in [6.45, 7) is 0. The third-order valence-corrected chi connectivity index (χ3v) is 1.25. The molecule has 0 saturated carbocycles. The van der Waals surface area contributed by atoms with Gasteiger partial charge in [0.2, 0.25) is 0 Å². The van der Waals surface area contributed by atoms with E-state index in [0.29, 0.717) is 5.75 Å². The molecule has 0 rings (SSSR count). The highest BCUT2D eigenvalue weighted by atomic mass is 79.9. The summed E-state index contributed by atoms with van der Waals surface area (Å²) in [4.78, 5) is 0. The minimum absolute atomic E-state index is 0. The molecule has 5 N–H and O–H groups in total. The lowest BCUT2D eigenvalue weighted by Gasteiger charge is -2.00. The monoisotopic (exact) mass is 236 g/mol. The molecule has 0 aromatic heterocycles. The van der Waals surface area contributed by atoms with Crippen molar-refractivity contribution in [3.05, 3.63) is 0 Å². The molecule has 0 radical (unpaired) electrons. The first-order valence-corrected chi connectivity index (χ1v) is 3.41. The molecule has 0 unspecified atom stereocenters. The van der Waals surface area contributed by atoms with Gasteiger partial charge in [-0.15, -0.1) is 23.4 Å². The molecule has 0 aliphatic carbocycles. The predicted molar refractivity (Wildman–Crippen MR) is 54.4 cm³/mol. The van der Waals surface area contributed by atoms with E-state index < -0.39 is 0 Å². The molecule has 62 valence electrons. The number of nitrogens with one attached hydrogen (secondary N) is 3. The van der Waals surface area contributed by atoms with Gasteiger partial charge >= 0.3 is 0 Å². The van der Waals surface area contributed by atoms with Crippen molar-refractivity contribution in [3.63, 3.8) is 0 Å². The number of rotatable bonds is 1. The number of terminal acetylenes is 1. The molecular weight excluding hydrogens is 228 g/mol. The Balaban J connectivity index is 0. The molecule has 0 aromatic carbocycles. The Kier molecular flexibility index (Phi) is 8.76. The first-order valence-electron chi connectivity index (χ1n) is 2.42. The van der Waals surface area contributed by atoms with Crippen molar-refractivity contribution < 1.29 is 0 Å². The Morgan fingerprint density at radius 1 is 1.64 bits per heavy atom. The standard InChI is InChI=1S/C5H8N4S.BrH/c1-2-3-10-5(8)9-4(6)7;/h1H,3H2,(H5,6,7,8,9);1H. The molecule has 0 spiro atoms. The zero-order chi connectivity index (χ0) is 7.98. The smallest absolute Gasteiger partial charge is 0.191 e. The van der Waals surface area contributed by atoms with E-state index in [9.17, 15) is 0 Å². The van der Waals surface area contributed by atoms with Crippen molar-refractivity contribution in [2.45, 2.75) is 0 Å². The van der Waals surface area contributed by atoms with Crippen LogP contribution < -0.4 is 11.1 Å². The van der Waals surface area contributed by atoms with Crippen LogP contribution in [0.5, 0.6) is 0 Å². The average molecular weight is 237 g/mol. The van der Waals surface area contributed by atoms with Crippen molar-refractivity contribution in [2.75, 3.05) is 5.75 Å². The number of hydrogen-bond acceptors (Lipinski definition) is 3. The van der Waals surface area contributed by atoms with Gasteiger partial charge in [0.05, 0.1) is 5.75 Å². The molecule has 0 aliphatic rings. The molecule has 0 bridgehead atoms. The number of nitrogens with two attached hydrogens (primary N) is 1. The number of thioether (sulfide) groups is 1. The fourth-order valence-electron chi connectivity index (χ4n) is 0.272. The summed E-state index contributed by atoms with van der Waals surface area (Å²) < 4.78 is 0. The lowest BCUT2D eigenvalue weighted by Crippen LogP contribution is -2.33. The van der Waals surface area contributed by atoms with Gasteiger partial charge in [0.15, 0.2) is 11.1 Å². The quantitative estimate of drug-likeness (QED) is 0.301. The Bertz CT molecular complexity index is 185. The second-order valence-corrected chi connectivity index (χ2v) is 2.35. The maximum atomic E-state index is 7.06. The van der Waals surface area contributed by atoms with Gasteiger partial charge in [-0.25, -0.2) is 0 Å². The van der Waals surface area contributed by atoms with E-state index in [1.807, 2.05) is 0 Å². The van der Waals surface area contributed by atoms with Crippen LogP contribution in [0.2, 0.25) is 0 Å². The van der Waals surface area contributed by atoms with E-state index in [0.717, 1.165) is 11.8 Å². The predicted octanol–water partition coefficient (Wildman–Crippen LogP) is 0.349. The van der Waals surface area contributed by atoms with E-state index in [2.05, 4.69) is 11.2 Å². The highest BCUT2D eigenvalue weighted by Gasteiger charge is 1.94. The zero-order valence-electron chi connectivity index (χ0n) is 5.68. The number of amidine groups is 1. The van der Waals surface area contributed by atoms with Gasteiger partial charge in [0.1, 0.15) is 0 Å². The van der Waals surface area contributed by atoms with Crippen molar-refractivity contribution in [2.24, 2.45) is 5.73 Å². The molecule has 0 saturated heterocycles. The van der Waals surface area contributed by atoms with Crippen molar-refractivity contribution in [1.29, 1.82) is 10.8 Å². The first kappa shape index (κ1) is 13.0. The first-order chi connectivity index (χ1) is 4.66. The van der Waals surface area contributed by atoms with E-state index in [1.54, 1.807) is 0 Å². The fraction of sp³-hybridized carbons (Fsp3) is 0.200. The van der Waals surface area contributed by atoms with E-state index in [-0.39, 0.29) is 28.1 Å². The highest BCUT2D eigenvalue weighted by molar-refractivity contribution is 8.93. The normalized spacial score (nSPS) is 7.18. The topological polar surface area (TPSA) is 85.8 Å². The van der Waals surface area contributed by atoms with Crippen LogP contribution in [0.3, 0.4) is 0 Å². The maximum absolute atomic E-state index is 7.06. The van der Waals surface area contributed by atoms with Gasteiger partial charge in [-0.1, -0.05) is 17.7 Å². The molecule has 11 heavy (non-hydrogen) atoms. The van der Waals surface area contributed by atoms with Crippen LogP contribution in [0.15, 0.2) is 0 Å². The van der Waals surface area contributed by atoms with Gasteiger partial charge in [-0.3, -0.25) is 10.8 Å². The van der Waals surface area contributed by atoms with Crippen LogP contribution in [-0.2, 0) is 0 Å². The Hall–Kier alpha value is -0.670. The van der Waals surface area contributed by atoms with Gasteiger partial charge < -0.3 is 11.1 Å². The van der Waals surface area contributed by atoms with Gasteiger partial charge in [-0.05, 0) is 0 Å². The fourth-order valence-corrected chi connectivity index (χ4v) is 0.682. The van der Waals surface area contributed by atoms with Crippen LogP contribution >= 0.6 is 28.7 Å². The Morgan fingerprint density at radius 3 is 2.55 bits per heavy atom. The maximum Gasteiger partial charge on any atom is 0.191 e. The summed E-state index contributed by atoms with van der Waals surface area (Å²) in [5.41, 5.74) is 4.93. The average Bonchev–Trinajstić information content (AvgIpc) is 1.82. The summed E-state index contributed by atoms with van der Waals surface area (Å²) in [5, 5.41) is 16.2. The van der Waals surface area contributed by atoms with Gasteiger partial charge in [0, 0.05) is 0 Å². The molecule has 0 aromatic rings. The summed E-state index contributed by atoms with van der Waals surface area (Å²) in [6.07, 6.45) is 4.93. The van der Waals surface area contributed by atoms with Crippen LogP contribution in [0.1, 0.15) is 0 Å². The molecule has 0 atom stereocenters. The van der Waals surface area contributed by atoms with E-state index in [4.69, 9.17) is 23.0 Å². The summed E-state index contributed by atoms with van der Waals surface area (Å²) in [6, 6.07) is 0. The van der Waals surface area contributed by atoms with Crippen LogP contribution in [0, 0.1) is 23.2 Å². The summed E-state index contributed by atoms with van der Waals surface area (Å²) >= 11 is 1.12. The molecule has 6 heteroatoms. The second kappa shape index (κ2) is 7.44. The van der Waals surface area contributed by atoms with Gasteiger partial charge in [0.25, 0.3) is 0 Å². The largest absolute Gasteiger partial charge is 0.370 e. The summed E-state index contributed by atoms with van der Waals surface area (Å²) in [5.74, 6) is 2.52. The third-order valence-electron chi connectivity index (χ3n) is 0.548. The zero-order valence-corrected chi connectivity index (χ0v) is 8.21. The Labute approximate surface area is 80.1 Å². The molecule has 4 nitrogen and oxygen atoms in total. The second-order valence-electron chi connectivity index (χ2n) is 1.36. The highest BCUT2D eigenvalue weighted by Crippen LogP contribution is 1.96. The number of guanidine groups is 1. The molecule has 0 heterocycles. The molecular formula is C5H9BrN4S. The van der Waals surface area contributed by atoms with E-state index in [1.165, 1.54) is 0 Å². The van der Waals surface area contributed by atoms with Crippen molar-refractivity contribution >= 4 is 39.9 Å². The van der Waals surface area contributed by atoms with Crippen molar-refractivity contribution in [3.8, 4) is 12.3 Å². The van der Waals surface area contributed by atoms with Crippen molar-refractivity contribution in [1.82, 2.24) is 5.32 Å². The van der Waals surface area contributed by atoms with Crippen LogP contribution in [-0.4, -0.2) is 16.9 Å². The Morgan fingerprint density at radius 2 is 2.18 bits per heavy atom. The van der Waals surface area contributed by atoms with Gasteiger partial charge in [-0.2, -0.15) is 0 Å². The SMILES string of the molecule is Br.C#CCSC(=N)NC(=N)N. The lowest BCUT2D eigenvalue weighted by molar-refractivity contribution is 1.24. The van der Waals surface area contributed by atoms with E-state index >= 15 is 0 Å². The minimum atomic E-state index is -0.241.